The largest absolute Gasteiger partial charge is 0.371 e. The molecule has 1 aromatic rings. The maximum absolute atomic E-state index is 11.2. The number of aliphatic imine (C=N–C) groups is 1. The molecule has 0 spiro atoms. The van der Waals surface area contributed by atoms with Crippen LogP contribution in [0.3, 0.4) is 0 Å². The molecular formula is C22H33N3O3S. The SMILES string of the molecule is Cc1c(N=C2SC[C@@H]([C@@H](C)OC(C)(C)C)N2C2CCCC2)ccc([N+](=O)[O-])c1C. The maximum atomic E-state index is 11.2. The average molecular weight is 420 g/mol. The van der Waals surface area contributed by atoms with E-state index in [0.717, 1.165) is 22.2 Å². The zero-order valence-corrected chi connectivity index (χ0v) is 19.2. The minimum absolute atomic E-state index is 0.107. The van der Waals surface area contributed by atoms with E-state index >= 15 is 0 Å². The predicted molar refractivity (Wildman–Crippen MR) is 120 cm³/mol. The van der Waals surface area contributed by atoms with Gasteiger partial charge in [0.2, 0.25) is 0 Å². The first kappa shape index (κ1) is 22.1. The predicted octanol–water partition coefficient (Wildman–Crippen LogP) is 5.76. The van der Waals surface area contributed by atoms with E-state index in [4.69, 9.17) is 9.73 Å². The van der Waals surface area contributed by atoms with Crippen molar-refractivity contribution >= 4 is 28.3 Å². The molecule has 1 saturated carbocycles. The lowest BCUT2D eigenvalue weighted by Crippen LogP contribution is -2.48. The lowest BCUT2D eigenvalue weighted by molar-refractivity contribution is -0.385. The van der Waals surface area contributed by atoms with Crippen LogP contribution in [0.2, 0.25) is 0 Å². The van der Waals surface area contributed by atoms with E-state index < -0.39 is 0 Å². The van der Waals surface area contributed by atoms with Crippen LogP contribution in [0.4, 0.5) is 11.4 Å². The molecule has 0 amide bonds. The fraction of sp³-hybridized carbons (Fsp3) is 0.682. The number of thioether (sulfide) groups is 1. The van der Waals surface area contributed by atoms with Gasteiger partial charge in [0, 0.05) is 23.4 Å². The Morgan fingerprint density at radius 1 is 1.24 bits per heavy atom. The summed E-state index contributed by atoms with van der Waals surface area (Å²) in [6.07, 6.45) is 5.01. The number of nitro benzene ring substituents is 1. The number of hydrogen-bond donors (Lipinski definition) is 0. The summed E-state index contributed by atoms with van der Waals surface area (Å²) in [5.41, 5.74) is 2.36. The molecule has 0 aromatic heterocycles. The molecule has 7 heteroatoms. The Bertz CT molecular complexity index is 797. The molecule has 6 nitrogen and oxygen atoms in total. The van der Waals surface area contributed by atoms with Crippen LogP contribution in [-0.4, -0.2) is 44.5 Å². The minimum Gasteiger partial charge on any atom is -0.371 e. The zero-order valence-electron chi connectivity index (χ0n) is 18.4. The number of nitrogens with zero attached hydrogens (tertiary/aromatic N) is 3. The van der Waals surface area contributed by atoms with Crippen LogP contribution in [0.15, 0.2) is 17.1 Å². The summed E-state index contributed by atoms with van der Waals surface area (Å²) in [5, 5.41) is 12.3. The lowest BCUT2D eigenvalue weighted by Gasteiger charge is -2.37. The van der Waals surface area contributed by atoms with E-state index in [1.54, 1.807) is 30.8 Å². The van der Waals surface area contributed by atoms with E-state index in [2.05, 4.69) is 32.6 Å². The highest BCUT2D eigenvalue weighted by atomic mass is 32.2. The number of rotatable bonds is 5. The number of benzene rings is 1. The van der Waals surface area contributed by atoms with E-state index in [-0.39, 0.29) is 22.3 Å². The van der Waals surface area contributed by atoms with E-state index in [9.17, 15) is 10.1 Å². The monoisotopic (exact) mass is 419 g/mol. The Morgan fingerprint density at radius 2 is 1.90 bits per heavy atom. The highest BCUT2D eigenvalue weighted by Crippen LogP contribution is 2.38. The number of nitro groups is 1. The number of hydrogen-bond acceptors (Lipinski definition) is 5. The summed E-state index contributed by atoms with van der Waals surface area (Å²) in [6.45, 7) is 12.2. The molecular weight excluding hydrogens is 386 g/mol. The van der Waals surface area contributed by atoms with Gasteiger partial charge in [-0.1, -0.05) is 24.6 Å². The first-order valence-electron chi connectivity index (χ1n) is 10.5. The molecule has 29 heavy (non-hydrogen) atoms. The molecule has 2 aliphatic rings. The molecule has 0 unspecified atom stereocenters. The number of ether oxygens (including phenoxy) is 1. The molecule has 160 valence electrons. The fourth-order valence-corrected chi connectivity index (χ4v) is 5.72. The molecule has 2 atom stereocenters. The summed E-state index contributed by atoms with van der Waals surface area (Å²) in [7, 11) is 0. The van der Waals surface area contributed by atoms with Gasteiger partial charge >= 0.3 is 0 Å². The molecule has 2 fully saturated rings. The van der Waals surface area contributed by atoms with Crippen molar-refractivity contribution in [3.63, 3.8) is 0 Å². The second-order valence-electron chi connectivity index (χ2n) is 9.16. The smallest absolute Gasteiger partial charge is 0.272 e. The van der Waals surface area contributed by atoms with Gasteiger partial charge in [0.05, 0.1) is 28.4 Å². The van der Waals surface area contributed by atoms with Crippen molar-refractivity contribution in [2.24, 2.45) is 4.99 Å². The molecule has 0 N–H and O–H groups in total. The quantitative estimate of drug-likeness (QED) is 0.448. The summed E-state index contributed by atoms with van der Waals surface area (Å²) in [4.78, 5) is 18.4. The molecule has 1 aromatic carbocycles. The van der Waals surface area contributed by atoms with Gasteiger partial charge in [0.25, 0.3) is 5.69 Å². The second-order valence-corrected chi connectivity index (χ2v) is 10.2. The molecule has 1 aliphatic carbocycles. The summed E-state index contributed by atoms with van der Waals surface area (Å²) in [6, 6.07) is 4.15. The fourth-order valence-electron chi connectivity index (χ4n) is 4.37. The highest BCUT2D eigenvalue weighted by molar-refractivity contribution is 8.14. The van der Waals surface area contributed by atoms with E-state index in [1.807, 2.05) is 6.92 Å². The molecule has 0 radical (unpaired) electrons. The molecule has 1 saturated heterocycles. The first-order chi connectivity index (χ1) is 13.6. The third-order valence-electron chi connectivity index (χ3n) is 5.90. The van der Waals surface area contributed by atoms with Crippen LogP contribution in [0.25, 0.3) is 0 Å². The Hall–Kier alpha value is -1.60. The van der Waals surface area contributed by atoms with Gasteiger partial charge < -0.3 is 9.64 Å². The average Bonchev–Trinajstić information content (AvgIpc) is 3.26. The van der Waals surface area contributed by atoms with Gasteiger partial charge in [-0.15, -0.1) is 0 Å². The van der Waals surface area contributed by atoms with Gasteiger partial charge in [-0.05, 0) is 66.0 Å². The van der Waals surface area contributed by atoms with Crippen molar-refractivity contribution in [2.75, 3.05) is 5.75 Å². The van der Waals surface area contributed by atoms with Crippen molar-refractivity contribution < 1.29 is 9.66 Å². The van der Waals surface area contributed by atoms with Gasteiger partial charge in [-0.25, -0.2) is 4.99 Å². The van der Waals surface area contributed by atoms with Crippen LogP contribution in [-0.2, 0) is 4.74 Å². The van der Waals surface area contributed by atoms with Crippen LogP contribution in [0, 0.1) is 24.0 Å². The van der Waals surface area contributed by atoms with Gasteiger partial charge in [0.1, 0.15) is 0 Å². The zero-order chi connectivity index (χ0) is 21.3. The Morgan fingerprint density at radius 3 is 2.48 bits per heavy atom. The summed E-state index contributed by atoms with van der Waals surface area (Å²) >= 11 is 1.78. The van der Waals surface area contributed by atoms with Crippen LogP contribution >= 0.6 is 11.8 Å². The van der Waals surface area contributed by atoms with Gasteiger partial charge in [-0.2, -0.15) is 0 Å². The summed E-state index contributed by atoms with van der Waals surface area (Å²) in [5.74, 6) is 0.956. The van der Waals surface area contributed by atoms with Crippen molar-refractivity contribution in [1.29, 1.82) is 0 Å². The molecule has 0 bridgehead atoms. The second kappa shape index (κ2) is 8.64. The molecule has 3 rings (SSSR count). The normalized spacial score (nSPS) is 23.2. The number of amidine groups is 1. The third-order valence-corrected chi connectivity index (χ3v) is 6.97. The molecule has 1 heterocycles. The summed E-state index contributed by atoms with van der Waals surface area (Å²) < 4.78 is 6.31. The highest BCUT2D eigenvalue weighted by Gasteiger charge is 2.40. The first-order valence-corrected chi connectivity index (χ1v) is 11.5. The van der Waals surface area contributed by atoms with E-state index in [0.29, 0.717) is 17.6 Å². The van der Waals surface area contributed by atoms with Gasteiger partial charge in [0.15, 0.2) is 5.17 Å². The minimum atomic E-state index is -0.323. The standard InChI is InChI=1S/C22H33N3O3S/c1-14-15(2)19(25(26)27)12-11-18(14)23-21-24(17-9-7-8-10-17)20(13-29-21)16(3)28-22(4,5)6/h11-12,16-17,20H,7-10,13H2,1-6H3/t16-,20+/m1/s1. The van der Waals surface area contributed by atoms with Crippen molar-refractivity contribution in [2.45, 2.75) is 91.0 Å². The topological polar surface area (TPSA) is 68.0 Å². The van der Waals surface area contributed by atoms with E-state index in [1.165, 1.54) is 25.7 Å². The Kier molecular flexibility index (Phi) is 6.58. The van der Waals surface area contributed by atoms with Crippen LogP contribution < -0.4 is 0 Å². The Balaban J connectivity index is 1.93. The third kappa shape index (κ3) is 4.94. The molecule has 1 aliphatic heterocycles. The van der Waals surface area contributed by atoms with Crippen LogP contribution in [0.5, 0.6) is 0 Å². The lowest BCUT2D eigenvalue weighted by atomic mass is 10.1. The maximum Gasteiger partial charge on any atom is 0.272 e. The van der Waals surface area contributed by atoms with Crippen molar-refractivity contribution in [1.82, 2.24) is 4.90 Å². The van der Waals surface area contributed by atoms with Crippen molar-refractivity contribution in [3.05, 3.63) is 33.4 Å². The van der Waals surface area contributed by atoms with Crippen molar-refractivity contribution in [3.8, 4) is 0 Å². The van der Waals surface area contributed by atoms with Crippen LogP contribution in [0.1, 0.15) is 64.5 Å². The Labute approximate surface area is 178 Å². The van der Waals surface area contributed by atoms with Gasteiger partial charge in [-0.3, -0.25) is 10.1 Å².